The Balaban J connectivity index is 1.33. The molecule has 0 bridgehead atoms. The lowest BCUT2D eigenvalue weighted by Gasteiger charge is -2.35. The standard InChI is InChI=1S/C27H31N3O5/c1-18-15-29(16-19(2)34-18)17-20-7-9-21(10-8-20)26(31)28-24-22-5-3-4-6-23(22)35-25(24)27(32)30-11-13-33-14-12-30/h3-10,18-19H,11-17H2,1-2H3,(H,28,31). The van der Waals surface area contributed by atoms with Crippen molar-refractivity contribution in [2.24, 2.45) is 0 Å². The van der Waals surface area contributed by atoms with Gasteiger partial charge in [-0.2, -0.15) is 0 Å². The summed E-state index contributed by atoms with van der Waals surface area (Å²) in [6, 6.07) is 14.9. The van der Waals surface area contributed by atoms with Crippen molar-refractivity contribution >= 4 is 28.5 Å². The number of benzene rings is 2. The van der Waals surface area contributed by atoms with Gasteiger partial charge in [-0.3, -0.25) is 14.5 Å². The highest BCUT2D eigenvalue weighted by Crippen LogP contribution is 2.32. The van der Waals surface area contributed by atoms with E-state index in [4.69, 9.17) is 13.9 Å². The number of carbonyl (C=O) groups excluding carboxylic acids is 2. The Morgan fingerprint density at radius 1 is 0.971 bits per heavy atom. The summed E-state index contributed by atoms with van der Waals surface area (Å²) in [5, 5.41) is 3.64. The van der Waals surface area contributed by atoms with Crippen molar-refractivity contribution in [3.63, 3.8) is 0 Å². The van der Waals surface area contributed by atoms with Crippen molar-refractivity contribution in [3.05, 3.63) is 65.4 Å². The molecule has 35 heavy (non-hydrogen) atoms. The molecule has 0 spiro atoms. The van der Waals surface area contributed by atoms with E-state index in [1.165, 1.54) is 0 Å². The number of fused-ring (bicyclic) bond motifs is 1. The molecule has 0 radical (unpaired) electrons. The lowest BCUT2D eigenvalue weighted by atomic mass is 10.1. The third kappa shape index (κ3) is 5.24. The third-order valence-electron chi connectivity index (χ3n) is 6.44. The molecular formula is C27H31N3O5. The van der Waals surface area contributed by atoms with Crippen LogP contribution in [-0.4, -0.2) is 73.2 Å². The molecule has 0 aliphatic carbocycles. The Labute approximate surface area is 204 Å². The zero-order chi connectivity index (χ0) is 24.4. The lowest BCUT2D eigenvalue weighted by Crippen LogP contribution is -2.44. The molecule has 2 aliphatic heterocycles. The zero-order valence-corrected chi connectivity index (χ0v) is 20.2. The van der Waals surface area contributed by atoms with Crippen LogP contribution in [0.1, 0.15) is 40.3 Å². The van der Waals surface area contributed by atoms with E-state index < -0.39 is 0 Å². The molecule has 2 saturated heterocycles. The van der Waals surface area contributed by atoms with Crippen LogP contribution in [0.15, 0.2) is 52.9 Å². The van der Waals surface area contributed by atoms with Crippen LogP contribution in [0.4, 0.5) is 5.69 Å². The lowest BCUT2D eigenvalue weighted by molar-refractivity contribution is -0.0704. The molecule has 2 aromatic carbocycles. The average molecular weight is 478 g/mol. The second kappa shape index (κ2) is 10.2. The Bertz CT molecular complexity index is 1190. The summed E-state index contributed by atoms with van der Waals surface area (Å²) in [7, 11) is 0. The smallest absolute Gasteiger partial charge is 0.291 e. The number of anilines is 1. The molecular weight excluding hydrogens is 446 g/mol. The predicted octanol–water partition coefficient (Wildman–Crippen LogP) is 3.77. The highest BCUT2D eigenvalue weighted by molar-refractivity contribution is 6.14. The fourth-order valence-electron chi connectivity index (χ4n) is 4.85. The number of morpholine rings is 2. The minimum atomic E-state index is -0.284. The maximum atomic E-state index is 13.2. The molecule has 1 aromatic heterocycles. The first-order valence-corrected chi connectivity index (χ1v) is 12.1. The molecule has 2 fully saturated rings. The molecule has 0 saturated carbocycles. The maximum Gasteiger partial charge on any atom is 0.291 e. The van der Waals surface area contributed by atoms with Gasteiger partial charge in [0.25, 0.3) is 11.8 Å². The number of amides is 2. The highest BCUT2D eigenvalue weighted by Gasteiger charge is 2.28. The van der Waals surface area contributed by atoms with E-state index in [2.05, 4.69) is 24.1 Å². The van der Waals surface area contributed by atoms with Gasteiger partial charge in [-0.15, -0.1) is 0 Å². The molecule has 8 nitrogen and oxygen atoms in total. The number of para-hydroxylation sites is 1. The first-order valence-electron chi connectivity index (χ1n) is 12.1. The number of ether oxygens (including phenoxy) is 2. The van der Waals surface area contributed by atoms with E-state index in [9.17, 15) is 9.59 Å². The normalized spacial score (nSPS) is 21.3. The Morgan fingerprint density at radius 2 is 1.66 bits per heavy atom. The summed E-state index contributed by atoms with van der Waals surface area (Å²) < 4.78 is 17.1. The second-order valence-electron chi connectivity index (χ2n) is 9.31. The first-order chi connectivity index (χ1) is 17.0. The summed E-state index contributed by atoms with van der Waals surface area (Å²) in [4.78, 5) is 30.4. The van der Waals surface area contributed by atoms with Crippen LogP contribution in [-0.2, 0) is 16.0 Å². The molecule has 3 heterocycles. The number of nitrogens with zero attached hydrogens (tertiary/aromatic N) is 2. The minimum Gasteiger partial charge on any atom is -0.449 e. The van der Waals surface area contributed by atoms with Gasteiger partial charge in [0.2, 0.25) is 5.76 Å². The van der Waals surface area contributed by atoms with Crippen LogP contribution in [0, 0.1) is 0 Å². The van der Waals surface area contributed by atoms with Crippen molar-refractivity contribution in [3.8, 4) is 0 Å². The van der Waals surface area contributed by atoms with Crippen LogP contribution in [0.25, 0.3) is 11.0 Å². The van der Waals surface area contributed by atoms with Crippen molar-refractivity contribution in [2.45, 2.75) is 32.6 Å². The van der Waals surface area contributed by atoms with E-state index in [0.29, 0.717) is 48.5 Å². The first kappa shape index (κ1) is 23.5. The number of rotatable bonds is 5. The number of nitrogens with one attached hydrogen (secondary N) is 1. The fraction of sp³-hybridized carbons (Fsp3) is 0.407. The average Bonchev–Trinajstić information content (AvgIpc) is 3.22. The maximum absolute atomic E-state index is 13.2. The third-order valence-corrected chi connectivity index (χ3v) is 6.44. The Morgan fingerprint density at radius 3 is 2.37 bits per heavy atom. The van der Waals surface area contributed by atoms with Gasteiger partial charge in [0.15, 0.2) is 0 Å². The SMILES string of the molecule is CC1CN(Cc2ccc(C(=O)Nc3c(C(=O)N4CCOCC4)oc4ccccc34)cc2)CC(C)O1. The van der Waals surface area contributed by atoms with Crippen LogP contribution >= 0.6 is 0 Å². The van der Waals surface area contributed by atoms with Gasteiger partial charge in [0, 0.05) is 43.7 Å². The minimum absolute atomic E-state index is 0.147. The van der Waals surface area contributed by atoms with Crippen molar-refractivity contribution in [1.82, 2.24) is 9.80 Å². The van der Waals surface area contributed by atoms with Crippen LogP contribution in [0.2, 0.25) is 0 Å². The number of hydrogen-bond acceptors (Lipinski definition) is 6. The molecule has 8 heteroatoms. The quantitative estimate of drug-likeness (QED) is 0.602. The molecule has 2 aliphatic rings. The molecule has 3 aromatic rings. The highest BCUT2D eigenvalue weighted by atomic mass is 16.5. The number of furan rings is 1. The topological polar surface area (TPSA) is 84.3 Å². The van der Waals surface area contributed by atoms with Gasteiger partial charge in [-0.05, 0) is 43.7 Å². The van der Waals surface area contributed by atoms with E-state index in [0.717, 1.165) is 25.2 Å². The van der Waals surface area contributed by atoms with Gasteiger partial charge >= 0.3 is 0 Å². The van der Waals surface area contributed by atoms with Crippen molar-refractivity contribution in [2.75, 3.05) is 44.7 Å². The second-order valence-corrected chi connectivity index (χ2v) is 9.31. The molecule has 2 atom stereocenters. The van der Waals surface area contributed by atoms with Gasteiger partial charge in [-0.1, -0.05) is 24.3 Å². The molecule has 184 valence electrons. The van der Waals surface area contributed by atoms with Gasteiger partial charge < -0.3 is 24.1 Å². The van der Waals surface area contributed by atoms with E-state index in [-0.39, 0.29) is 29.8 Å². The van der Waals surface area contributed by atoms with Crippen molar-refractivity contribution in [1.29, 1.82) is 0 Å². The van der Waals surface area contributed by atoms with E-state index in [1.807, 2.05) is 42.5 Å². The summed E-state index contributed by atoms with van der Waals surface area (Å²) in [6.45, 7) is 8.73. The fourth-order valence-corrected chi connectivity index (χ4v) is 4.85. The van der Waals surface area contributed by atoms with E-state index in [1.54, 1.807) is 11.0 Å². The molecule has 2 amide bonds. The molecule has 1 N–H and O–H groups in total. The van der Waals surface area contributed by atoms with Crippen LogP contribution in [0.5, 0.6) is 0 Å². The summed E-state index contributed by atoms with van der Waals surface area (Å²) in [6.07, 6.45) is 0.422. The van der Waals surface area contributed by atoms with Gasteiger partial charge in [-0.25, -0.2) is 0 Å². The van der Waals surface area contributed by atoms with Crippen molar-refractivity contribution < 1.29 is 23.5 Å². The number of hydrogen-bond donors (Lipinski definition) is 1. The van der Waals surface area contributed by atoms with Crippen LogP contribution in [0.3, 0.4) is 0 Å². The summed E-state index contributed by atoms with van der Waals surface area (Å²) >= 11 is 0. The number of carbonyl (C=O) groups is 2. The summed E-state index contributed by atoms with van der Waals surface area (Å²) in [5.74, 6) is -0.384. The largest absolute Gasteiger partial charge is 0.449 e. The van der Waals surface area contributed by atoms with Gasteiger partial charge in [0.1, 0.15) is 11.3 Å². The van der Waals surface area contributed by atoms with Gasteiger partial charge in [0.05, 0.1) is 25.4 Å². The molecule has 2 unspecified atom stereocenters. The Kier molecular flexibility index (Phi) is 6.86. The van der Waals surface area contributed by atoms with Crippen LogP contribution < -0.4 is 5.32 Å². The Hall–Kier alpha value is -3.20. The zero-order valence-electron chi connectivity index (χ0n) is 20.2. The monoisotopic (exact) mass is 477 g/mol. The van der Waals surface area contributed by atoms with E-state index >= 15 is 0 Å². The summed E-state index contributed by atoms with van der Waals surface area (Å²) in [5.41, 5.74) is 2.62. The molecule has 5 rings (SSSR count). The predicted molar refractivity (Wildman–Crippen MR) is 133 cm³/mol.